The lowest BCUT2D eigenvalue weighted by Gasteiger charge is -2.08. The van der Waals surface area contributed by atoms with E-state index in [1.807, 2.05) is 19.1 Å². The van der Waals surface area contributed by atoms with Gasteiger partial charge in [0.05, 0.1) is 7.11 Å². The smallest absolute Gasteiger partial charge is 0.231 e. The van der Waals surface area contributed by atoms with Crippen LogP contribution in [0.4, 0.5) is 0 Å². The summed E-state index contributed by atoms with van der Waals surface area (Å²) in [5.41, 5.74) is 0.953. The van der Waals surface area contributed by atoms with Gasteiger partial charge in [0.25, 0.3) is 0 Å². The predicted molar refractivity (Wildman–Crippen MR) is 59.2 cm³/mol. The summed E-state index contributed by atoms with van der Waals surface area (Å²) < 4.78 is 16.2. The quantitative estimate of drug-likeness (QED) is 0.734. The van der Waals surface area contributed by atoms with E-state index < -0.39 is 0 Å². The Morgan fingerprint density at radius 3 is 2.88 bits per heavy atom. The standard InChI is InChI=1S/C12H11NO3/c1-7-9-5-10(14-2)12-11(15-6-16-12)8(9)3-4-13-7/h3-5H,6H2,1-2H3. The van der Waals surface area contributed by atoms with Gasteiger partial charge >= 0.3 is 0 Å². The highest BCUT2D eigenvalue weighted by molar-refractivity contribution is 5.94. The molecule has 4 heteroatoms. The third-order valence-electron chi connectivity index (χ3n) is 2.77. The molecule has 0 atom stereocenters. The van der Waals surface area contributed by atoms with Crippen molar-refractivity contribution in [3.05, 3.63) is 24.0 Å². The van der Waals surface area contributed by atoms with Crippen LogP contribution >= 0.6 is 0 Å². The first-order chi connectivity index (χ1) is 7.81. The Kier molecular flexibility index (Phi) is 1.89. The Bertz CT molecular complexity index is 566. The summed E-state index contributed by atoms with van der Waals surface area (Å²) in [6, 6.07) is 3.86. The highest BCUT2D eigenvalue weighted by Gasteiger charge is 2.22. The van der Waals surface area contributed by atoms with Crippen LogP contribution in [0.25, 0.3) is 10.8 Å². The summed E-state index contributed by atoms with van der Waals surface area (Å²) in [7, 11) is 1.62. The number of ether oxygens (including phenoxy) is 3. The molecule has 1 aliphatic heterocycles. The van der Waals surface area contributed by atoms with E-state index in [1.165, 1.54) is 0 Å². The van der Waals surface area contributed by atoms with Crippen molar-refractivity contribution in [3.8, 4) is 17.2 Å². The molecule has 0 saturated carbocycles. The summed E-state index contributed by atoms with van der Waals surface area (Å²) in [5.74, 6) is 2.12. The molecule has 3 rings (SSSR count). The second-order valence-electron chi connectivity index (χ2n) is 3.64. The van der Waals surface area contributed by atoms with E-state index in [0.29, 0.717) is 11.5 Å². The summed E-state index contributed by atoms with van der Waals surface area (Å²) in [6.45, 7) is 2.20. The molecule has 0 amide bonds. The molecule has 0 aliphatic carbocycles. The Hall–Kier alpha value is -1.97. The zero-order valence-electron chi connectivity index (χ0n) is 9.11. The number of nitrogens with zero attached hydrogens (tertiary/aromatic N) is 1. The van der Waals surface area contributed by atoms with E-state index in [1.54, 1.807) is 13.3 Å². The first kappa shape index (κ1) is 9.27. The van der Waals surface area contributed by atoms with Crippen molar-refractivity contribution in [1.82, 2.24) is 4.98 Å². The SMILES string of the molecule is COc1cc2c(C)nccc2c2c1OCO2. The molecule has 1 aromatic heterocycles. The van der Waals surface area contributed by atoms with Crippen LogP contribution < -0.4 is 14.2 Å². The van der Waals surface area contributed by atoms with Crippen molar-refractivity contribution in [2.45, 2.75) is 6.92 Å². The maximum Gasteiger partial charge on any atom is 0.231 e. The minimum atomic E-state index is 0.242. The topological polar surface area (TPSA) is 40.6 Å². The van der Waals surface area contributed by atoms with Gasteiger partial charge < -0.3 is 14.2 Å². The molecule has 0 radical (unpaired) electrons. The van der Waals surface area contributed by atoms with Crippen molar-refractivity contribution in [2.24, 2.45) is 0 Å². The van der Waals surface area contributed by atoms with E-state index in [9.17, 15) is 0 Å². The average molecular weight is 217 g/mol. The number of hydrogen-bond acceptors (Lipinski definition) is 4. The van der Waals surface area contributed by atoms with Crippen molar-refractivity contribution in [1.29, 1.82) is 0 Å². The van der Waals surface area contributed by atoms with Gasteiger partial charge in [-0.15, -0.1) is 0 Å². The lowest BCUT2D eigenvalue weighted by molar-refractivity contribution is 0.172. The second kappa shape index (κ2) is 3.27. The molecule has 4 nitrogen and oxygen atoms in total. The summed E-state index contributed by atoms with van der Waals surface area (Å²) >= 11 is 0. The number of fused-ring (bicyclic) bond motifs is 3. The fourth-order valence-electron chi connectivity index (χ4n) is 1.97. The zero-order valence-corrected chi connectivity index (χ0v) is 9.11. The molecule has 82 valence electrons. The van der Waals surface area contributed by atoms with Crippen molar-refractivity contribution < 1.29 is 14.2 Å². The Labute approximate surface area is 92.8 Å². The highest BCUT2D eigenvalue weighted by Crippen LogP contribution is 2.46. The van der Waals surface area contributed by atoms with Crippen molar-refractivity contribution in [2.75, 3.05) is 13.9 Å². The molecule has 0 unspecified atom stereocenters. The largest absolute Gasteiger partial charge is 0.493 e. The molecule has 2 aromatic rings. The minimum absolute atomic E-state index is 0.242. The molecule has 0 saturated heterocycles. The van der Waals surface area contributed by atoms with Crippen molar-refractivity contribution in [3.63, 3.8) is 0 Å². The van der Waals surface area contributed by atoms with Gasteiger partial charge in [-0.25, -0.2) is 0 Å². The average Bonchev–Trinajstić information content (AvgIpc) is 2.78. The van der Waals surface area contributed by atoms with Gasteiger partial charge in [0.1, 0.15) is 0 Å². The molecular weight excluding hydrogens is 206 g/mol. The minimum Gasteiger partial charge on any atom is -0.493 e. The lowest BCUT2D eigenvalue weighted by atomic mass is 10.1. The summed E-state index contributed by atoms with van der Waals surface area (Å²) in [5, 5.41) is 2.05. The Morgan fingerprint density at radius 2 is 2.06 bits per heavy atom. The molecule has 1 aliphatic rings. The number of methoxy groups -OCH3 is 1. The number of hydrogen-bond donors (Lipinski definition) is 0. The van der Waals surface area contributed by atoms with Crippen LogP contribution in [0.5, 0.6) is 17.2 Å². The van der Waals surface area contributed by atoms with E-state index in [-0.39, 0.29) is 6.79 Å². The Balaban J connectivity index is 2.43. The molecule has 0 N–H and O–H groups in total. The lowest BCUT2D eigenvalue weighted by Crippen LogP contribution is -1.93. The van der Waals surface area contributed by atoms with E-state index in [2.05, 4.69) is 4.98 Å². The van der Waals surface area contributed by atoms with Gasteiger partial charge in [0, 0.05) is 22.7 Å². The van der Waals surface area contributed by atoms with Gasteiger partial charge in [-0.3, -0.25) is 4.98 Å². The van der Waals surface area contributed by atoms with Gasteiger partial charge in [-0.1, -0.05) is 0 Å². The maximum absolute atomic E-state index is 5.48. The summed E-state index contributed by atoms with van der Waals surface area (Å²) in [4.78, 5) is 4.26. The normalized spacial score (nSPS) is 13.1. The number of aryl methyl sites for hydroxylation is 1. The van der Waals surface area contributed by atoms with E-state index in [0.717, 1.165) is 22.2 Å². The molecule has 0 bridgehead atoms. The molecule has 0 spiro atoms. The van der Waals surface area contributed by atoms with Crippen LogP contribution in [0.15, 0.2) is 18.3 Å². The zero-order chi connectivity index (χ0) is 11.1. The molecule has 2 heterocycles. The Morgan fingerprint density at radius 1 is 1.25 bits per heavy atom. The van der Waals surface area contributed by atoms with Gasteiger partial charge in [-0.2, -0.15) is 0 Å². The molecule has 16 heavy (non-hydrogen) atoms. The third kappa shape index (κ3) is 1.13. The fraction of sp³-hybridized carbons (Fsp3) is 0.250. The van der Waals surface area contributed by atoms with Crippen LogP contribution in [0.2, 0.25) is 0 Å². The predicted octanol–water partition coefficient (Wildman–Crippen LogP) is 2.28. The number of aromatic nitrogens is 1. The number of rotatable bonds is 1. The maximum atomic E-state index is 5.48. The molecular formula is C12H11NO3. The summed E-state index contributed by atoms with van der Waals surface area (Å²) in [6.07, 6.45) is 1.77. The van der Waals surface area contributed by atoms with Crippen LogP contribution in [0.1, 0.15) is 5.69 Å². The molecule has 1 aromatic carbocycles. The van der Waals surface area contributed by atoms with Gasteiger partial charge in [-0.05, 0) is 19.1 Å². The second-order valence-corrected chi connectivity index (χ2v) is 3.64. The van der Waals surface area contributed by atoms with Crippen LogP contribution in [-0.2, 0) is 0 Å². The number of pyridine rings is 1. The van der Waals surface area contributed by atoms with E-state index in [4.69, 9.17) is 14.2 Å². The van der Waals surface area contributed by atoms with E-state index >= 15 is 0 Å². The van der Waals surface area contributed by atoms with Gasteiger partial charge in [0.15, 0.2) is 11.5 Å². The molecule has 0 fully saturated rings. The van der Waals surface area contributed by atoms with Crippen LogP contribution in [0, 0.1) is 6.92 Å². The highest BCUT2D eigenvalue weighted by atomic mass is 16.7. The monoisotopic (exact) mass is 217 g/mol. The van der Waals surface area contributed by atoms with Crippen molar-refractivity contribution >= 4 is 10.8 Å². The first-order valence-corrected chi connectivity index (χ1v) is 5.03. The van der Waals surface area contributed by atoms with Crippen LogP contribution in [-0.4, -0.2) is 18.9 Å². The number of benzene rings is 1. The third-order valence-corrected chi connectivity index (χ3v) is 2.77. The van der Waals surface area contributed by atoms with Crippen LogP contribution in [0.3, 0.4) is 0 Å². The first-order valence-electron chi connectivity index (χ1n) is 5.03. The van der Waals surface area contributed by atoms with Gasteiger partial charge in [0.2, 0.25) is 12.5 Å². The fourth-order valence-corrected chi connectivity index (χ4v) is 1.97.